The minimum Gasteiger partial charge on any atom is -0.306 e. The number of hydrogen-bond acceptors (Lipinski definition) is 1. The molecule has 84 valence electrons. The van der Waals surface area contributed by atoms with Crippen LogP contribution in [0, 0.1) is 0 Å². The Balaban J connectivity index is 0.000000337. The van der Waals surface area contributed by atoms with Gasteiger partial charge >= 0.3 is 0 Å². The van der Waals surface area contributed by atoms with Crippen molar-refractivity contribution in [2.24, 2.45) is 0 Å². The minimum absolute atomic E-state index is 0.774. The van der Waals surface area contributed by atoms with Crippen LogP contribution >= 0.6 is 0 Å². The van der Waals surface area contributed by atoms with Crippen molar-refractivity contribution in [1.82, 2.24) is 4.90 Å². The zero-order valence-corrected chi connectivity index (χ0v) is 10.2. The molecule has 0 saturated carbocycles. The Labute approximate surface area is 94.1 Å². The average Bonchev–Trinajstić information content (AvgIpc) is 2.67. The van der Waals surface area contributed by atoms with Gasteiger partial charge in [0.15, 0.2) is 0 Å². The van der Waals surface area contributed by atoms with Gasteiger partial charge in [-0.05, 0) is 31.5 Å². The fourth-order valence-electron chi connectivity index (χ4n) is 1.93. The maximum atomic E-state index is 2.40. The normalized spacial score (nSPS) is 20.9. The van der Waals surface area contributed by atoms with Crippen LogP contribution in [0.2, 0.25) is 0 Å². The maximum Gasteiger partial charge on any atom is 0.00477 e. The second kappa shape index (κ2) is 6.62. The fourth-order valence-corrected chi connectivity index (χ4v) is 1.93. The fraction of sp³-hybridized carbons (Fsp3) is 0.571. The molecule has 0 aromatic heterocycles. The van der Waals surface area contributed by atoms with Crippen molar-refractivity contribution in [3.63, 3.8) is 0 Å². The molecular weight excluding hydrogens is 182 g/mol. The van der Waals surface area contributed by atoms with E-state index in [1.807, 2.05) is 0 Å². The van der Waals surface area contributed by atoms with E-state index < -0.39 is 0 Å². The molecule has 1 aromatic carbocycles. The van der Waals surface area contributed by atoms with Gasteiger partial charge < -0.3 is 4.90 Å². The Bertz CT molecular complexity index is 255. The molecule has 1 aliphatic rings. The van der Waals surface area contributed by atoms with Crippen molar-refractivity contribution in [3.8, 4) is 0 Å². The Kier molecular flexibility index (Phi) is 5.41. The van der Waals surface area contributed by atoms with Gasteiger partial charge in [0.2, 0.25) is 0 Å². The van der Waals surface area contributed by atoms with Gasteiger partial charge in [0.05, 0.1) is 0 Å². The first-order chi connectivity index (χ1) is 7.27. The Hall–Kier alpha value is -0.820. The zero-order chi connectivity index (χ0) is 11.1. The van der Waals surface area contributed by atoms with Gasteiger partial charge in [0.1, 0.15) is 0 Å². The molecule has 2 rings (SSSR count). The number of likely N-dealkylation sites (N-methyl/N-ethyl adjacent to an activating group) is 1. The Morgan fingerprint density at radius 2 is 1.80 bits per heavy atom. The molecule has 1 fully saturated rings. The van der Waals surface area contributed by atoms with Crippen LogP contribution in [0.3, 0.4) is 0 Å². The first kappa shape index (κ1) is 12.3. The molecule has 1 atom stereocenters. The van der Waals surface area contributed by atoms with Crippen LogP contribution < -0.4 is 0 Å². The summed E-state index contributed by atoms with van der Waals surface area (Å²) in [6, 6.07) is 10.8. The molecule has 1 heterocycles. The van der Waals surface area contributed by atoms with Gasteiger partial charge in [0, 0.05) is 6.54 Å². The van der Waals surface area contributed by atoms with E-state index in [0.717, 1.165) is 5.92 Å². The molecule has 15 heavy (non-hydrogen) atoms. The first-order valence-corrected chi connectivity index (χ1v) is 6.01. The number of likely N-dealkylation sites (tertiary alicyclic amines) is 1. The molecule has 1 saturated heterocycles. The van der Waals surface area contributed by atoms with E-state index in [1.54, 1.807) is 0 Å². The van der Waals surface area contributed by atoms with Crippen LogP contribution in [0.15, 0.2) is 30.3 Å². The molecule has 1 heteroatoms. The van der Waals surface area contributed by atoms with Crippen molar-refractivity contribution >= 4 is 0 Å². The molecular formula is C14H23N. The lowest BCUT2D eigenvalue weighted by molar-refractivity contribution is 0.411. The van der Waals surface area contributed by atoms with Crippen LogP contribution in [0.4, 0.5) is 0 Å². The van der Waals surface area contributed by atoms with E-state index in [9.17, 15) is 0 Å². The van der Waals surface area contributed by atoms with Gasteiger partial charge in [-0.15, -0.1) is 0 Å². The van der Waals surface area contributed by atoms with Crippen molar-refractivity contribution in [2.75, 3.05) is 20.1 Å². The molecule has 0 amide bonds. The first-order valence-electron chi connectivity index (χ1n) is 6.01. The third kappa shape index (κ3) is 4.05. The zero-order valence-electron chi connectivity index (χ0n) is 10.2. The number of rotatable bonds is 1. The second-order valence-corrected chi connectivity index (χ2v) is 4.37. The van der Waals surface area contributed by atoms with E-state index in [1.165, 1.54) is 31.5 Å². The molecule has 0 radical (unpaired) electrons. The summed E-state index contributed by atoms with van der Waals surface area (Å²) < 4.78 is 0. The van der Waals surface area contributed by atoms with Crippen LogP contribution in [-0.4, -0.2) is 25.0 Å². The summed E-state index contributed by atoms with van der Waals surface area (Å²) in [6.07, 6.45) is 2.57. The average molecular weight is 205 g/mol. The van der Waals surface area contributed by atoms with E-state index in [0.29, 0.717) is 0 Å². The minimum atomic E-state index is 0.774. The van der Waals surface area contributed by atoms with Crippen molar-refractivity contribution in [3.05, 3.63) is 35.9 Å². The largest absolute Gasteiger partial charge is 0.306 e. The van der Waals surface area contributed by atoms with E-state index in [2.05, 4.69) is 56.1 Å². The van der Waals surface area contributed by atoms with Crippen LogP contribution in [0.25, 0.3) is 0 Å². The van der Waals surface area contributed by atoms with Crippen LogP contribution in [0.1, 0.15) is 38.2 Å². The lowest BCUT2D eigenvalue weighted by Gasteiger charge is -2.09. The molecule has 1 aliphatic heterocycles. The molecule has 0 bridgehead atoms. The predicted molar refractivity (Wildman–Crippen MR) is 67.3 cm³/mol. The summed E-state index contributed by atoms with van der Waals surface area (Å²) in [5.74, 6) is 0.774. The van der Waals surface area contributed by atoms with Crippen molar-refractivity contribution in [2.45, 2.75) is 32.6 Å². The second-order valence-electron chi connectivity index (χ2n) is 4.37. The van der Waals surface area contributed by atoms with Gasteiger partial charge in [-0.1, -0.05) is 50.6 Å². The SMILES string of the molecule is CCC.CN1CCC(c2ccccc2)C1. The molecule has 0 aliphatic carbocycles. The monoisotopic (exact) mass is 205 g/mol. The Morgan fingerprint density at radius 1 is 1.20 bits per heavy atom. The van der Waals surface area contributed by atoms with Crippen molar-refractivity contribution < 1.29 is 0 Å². The summed E-state index contributed by atoms with van der Waals surface area (Å²) in [4.78, 5) is 2.40. The lowest BCUT2D eigenvalue weighted by Crippen LogP contribution is -2.13. The summed E-state index contributed by atoms with van der Waals surface area (Å²) in [7, 11) is 2.20. The predicted octanol–water partition coefficient (Wildman–Crippen LogP) is 3.52. The number of benzene rings is 1. The third-order valence-corrected chi connectivity index (χ3v) is 2.66. The highest BCUT2D eigenvalue weighted by molar-refractivity contribution is 5.20. The van der Waals surface area contributed by atoms with Crippen molar-refractivity contribution in [1.29, 1.82) is 0 Å². The van der Waals surface area contributed by atoms with Gasteiger partial charge in [-0.2, -0.15) is 0 Å². The molecule has 0 N–H and O–H groups in total. The summed E-state index contributed by atoms with van der Waals surface area (Å²) in [5, 5.41) is 0. The summed E-state index contributed by atoms with van der Waals surface area (Å²) in [5.41, 5.74) is 1.50. The summed E-state index contributed by atoms with van der Waals surface area (Å²) >= 11 is 0. The smallest absolute Gasteiger partial charge is 0.00477 e. The summed E-state index contributed by atoms with van der Waals surface area (Å²) in [6.45, 7) is 6.73. The van der Waals surface area contributed by atoms with Crippen LogP contribution in [-0.2, 0) is 0 Å². The van der Waals surface area contributed by atoms with Gasteiger partial charge in [-0.3, -0.25) is 0 Å². The number of hydrogen-bond donors (Lipinski definition) is 0. The highest BCUT2D eigenvalue weighted by Crippen LogP contribution is 2.25. The highest BCUT2D eigenvalue weighted by Gasteiger charge is 2.20. The van der Waals surface area contributed by atoms with E-state index >= 15 is 0 Å². The quantitative estimate of drug-likeness (QED) is 0.678. The van der Waals surface area contributed by atoms with Crippen LogP contribution in [0.5, 0.6) is 0 Å². The lowest BCUT2D eigenvalue weighted by atomic mass is 9.99. The number of nitrogens with zero attached hydrogens (tertiary/aromatic N) is 1. The maximum absolute atomic E-state index is 2.40. The molecule has 1 nitrogen and oxygen atoms in total. The third-order valence-electron chi connectivity index (χ3n) is 2.66. The van der Waals surface area contributed by atoms with E-state index in [4.69, 9.17) is 0 Å². The molecule has 1 unspecified atom stereocenters. The highest BCUT2D eigenvalue weighted by atomic mass is 15.1. The van der Waals surface area contributed by atoms with Gasteiger partial charge in [-0.25, -0.2) is 0 Å². The topological polar surface area (TPSA) is 3.24 Å². The molecule has 0 spiro atoms. The van der Waals surface area contributed by atoms with Gasteiger partial charge in [0.25, 0.3) is 0 Å². The Morgan fingerprint density at radius 3 is 2.27 bits per heavy atom. The molecule has 1 aromatic rings. The van der Waals surface area contributed by atoms with E-state index in [-0.39, 0.29) is 0 Å². The standard InChI is InChI=1S/C11H15N.C3H8/c1-12-8-7-11(9-12)10-5-3-2-4-6-10;1-3-2/h2-6,11H,7-9H2,1H3;3H2,1-2H3.